The molecule has 0 amide bonds. The molecule has 0 aliphatic rings. The lowest BCUT2D eigenvalue weighted by atomic mass is 10.0. The van der Waals surface area contributed by atoms with E-state index in [4.69, 9.17) is 0 Å². The molecular formula is C13H16N2. The van der Waals surface area contributed by atoms with Gasteiger partial charge in [0.15, 0.2) is 0 Å². The molecule has 2 nitrogen and oxygen atoms in total. The van der Waals surface area contributed by atoms with Crippen LogP contribution in [0.25, 0.3) is 10.8 Å². The first-order chi connectivity index (χ1) is 7.31. The summed E-state index contributed by atoms with van der Waals surface area (Å²) < 4.78 is 0. The number of nitrogens with zero attached hydrogens (tertiary/aromatic N) is 1. The molecule has 2 rings (SSSR count). The minimum atomic E-state index is 1.02. The number of benzene rings is 1. The van der Waals surface area contributed by atoms with Crippen LogP contribution in [0.2, 0.25) is 0 Å². The summed E-state index contributed by atoms with van der Waals surface area (Å²) in [6.07, 6.45) is 2.94. The van der Waals surface area contributed by atoms with Crippen LogP contribution in [0.1, 0.15) is 11.3 Å². The van der Waals surface area contributed by atoms with Crippen LogP contribution >= 0.6 is 0 Å². The number of rotatable bonds is 3. The SMILES string of the molecule is CNCCc1ccc2ccnc(C)c2c1. The molecule has 0 saturated carbocycles. The first kappa shape index (κ1) is 10.1. The summed E-state index contributed by atoms with van der Waals surface area (Å²) in [6.45, 7) is 3.08. The van der Waals surface area contributed by atoms with Crippen molar-refractivity contribution in [2.75, 3.05) is 13.6 Å². The van der Waals surface area contributed by atoms with Crippen LogP contribution in [0.4, 0.5) is 0 Å². The van der Waals surface area contributed by atoms with Gasteiger partial charge in [0.2, 0.25) is 0 Å². The fraction of sp³-hybridized carbons (Fsp3) is 0.308. The average Bonchev–Trinajstić information content (AvgIpc) is 2.27. The summed E-state index contributed by atoms with van der Waals surface area (Å²) in [7, 11) is 1.98. The van der Waals surface area contributed by atoms with Crippen molar-refractivity contribution < 1.29 is 0 Å². The Balaban J connectivity index is 2.41. The van der Waals surface area contributed by atoms with E-state index in [-0.39, 0.29) is 0 Å². The number of hydrogen-bond acceptors (Lipinski definition) is 2. The maximum atomic E-state index is 4.31. The molecule has 0 saturated heterocycles. The second kappa shape index (κ2) is 4.41. The Morgan fingerprint density at radius 1 is 1.27 bits per heavy atom. The Hall–Kier alpha value is -1.41. The van der Waals surface area contributed by atoms with E-state index in [1.54, 1.807) is 0 Å². The molecule has 0 fully saturated rings. The van der Waals surface area contributed by atoms with Crippen molar-refractivity contribution in [1.82, 2.24) is 10.3 Å². The highest BCUT2D eigenvalue weighted by Crippen LogP contribution is 2.18. The zero-order chi connectivity index (χ0) is 10.7. The topological polar surface area (TPSA) is 24.9 Å². The highest BCUT2D eigenvalue weighted by atomic mass is 14.8. The predicted molar refractivity (Wildman–Crippen MR) is 64.1 cm³/mol. The molecule has 0 atom stereocenters. The van der Waals surface area contributed by atoms with Crippen LogP contribution in [-0.4, -0.2) is 18.6 Å². The van der Waals surface area contributed by atoms with E-state index >= 15 is 0 Å². The fourth-order valence-corrected chi connectivity index (χ4v) is 1.79. The lowest BCUT2D eigenvalue weighted by Gasteiger charge is -2.05. The van der Waals surface area contributed by atoms with E-state index < -0.39 is 0 Å². The molecular weight excluding hydrogens is 184 g/mol. The van der Waals surface area contributed by atoms with Gasteiger partial charge in [-0.3, -0.25) is 4.98 Å². The summed E-state index contributed by atoms with van der Waals surface area (Å²) in [6, 6.07) is 8.67. The van der Waals surface area contributed by atoms with Gasteiger partial charge in [0.1, 0.15) is 0 Å². The van der Waals surface area contributed by atoms with Gasteiger partial charge in [0, 0.05) is 17.3 Å². The first-order valence-electron chi connectivity index (χ1n) is 5.30. The maximum absolute atomic E-state index is 4.31. The lowest BCUT2D eigenvalue weighted by Crippen LogP contribution is -2.10. The van der Waals surface area contributed by atoms with Crippen LogP contribution in [-0.2, 0) is 6.42 Å². The third-order valence-corrected chi connectivity index (χ3v) is 2.69. The highest BCUT2D eigenvalue weighted by Gasteiger charge is 1.99. The largest absolute Gasteiger partial charge is 0.319 e. The Labute approximate surface area is 90.3 Å². The minimum absolute atomic E-state index is 1.02. The van der Waals surface area contributed by atoms with Crippen LogP contribution in [0.15, 0.2) is 30.5 Å². The summed E-state index contributed by atoms with van der Waals surface area (Å²) in [5.41, 5.74) is 2.48. The second-order valence-corrected chi connectivity index (χ2v) is 3.81. The molecule has 2 aromatic rings. The number of aromatic nitrogens is 1. The Morgan fingerprint density at radius 2 is 2.13 bits per heavy atom. The first-order valence-corrected chi connectivity index (χ1v) is 5.30. The Morgan fingerprint density at radius 3 is 2.93 bits per heavy atom. The molecule has 78 valence electrons. The van der Waals surface area contributed by atoms with Crippen LogP contribution in [0, 0.1) is 6.92 Å². The molecule has 1 N–H and O–H groups in total. The fourth-order valence-electron chi connectivity index (χ4n) is 1.79. The van der Waals surface area contributed by atoms with Gasteiger partial charge < -0.3 is 5.32 Å². The molecule has 0 spiro atoms. The Kier molecular flexibility index (Phi) is 2.97. The van der Waals surface area contributed by atoms with Crippen molar-refractivity contribution in [3.63, 3.8) is 0 Å². The van der Waals surface area contributed by atoms with E-state index in [0.29, 0.717) is 0 Å². The number of pyridine rings is 1. The van der Waals surface area contributed by atoms with E-state index in [1.165, 1.54) is 16.3 Å². The van der Waals surface area contributed by atoms with Gasteiger partial charge >= 0.3 is 0 Å². The van der Waals surface area contributed by atoms with Crippen molar-refractivity contribution in [3.8, 4) is 0 Å². The van der Waals surface area contributed by atoms with E-state index in [9.17, 15) is 0 Å². The van der Waals surface area contributed by atoms with Gasteiger partial charge in [0.05, 0.1) is 0 Å². The summed E-state index contributed by atoms with van der Waals surface area (Å²) in [4.78, 5) is 4.31. The van der Waals surface area contributed by atoms with Crippen molar-refractivity contribution in [3.05, 3.63) is 41.7 Å². The summed E-state index contributed by atoms with van der Waals surface area (Å²) in [5.74, 6) is 0. The molecule has 1 heterocycles. The lowest BCUT2D eigenvalue weighted by molar-refractivity contribution is 0.792. The normalized spacial score (nSPS) is 10.8. The maximum Gasteiger partial charge on any atom is 0.0451 e. The number of likely N-dealkylation sites (N-methyl/N-ethyl adjacent to an activating group) is 1. The number of aryl methyl sites for hydroxylation is 1. The van der Waals surface area contributed by atoms with Gasteiger partial charge in [-0.2, -0.15) is 0 Å². The van der Waals surface area contributed by atoms with Crippen LogP contribution in [0.5, 0.6) is 0 Å². The van der Waals surface area contributed by atoms with Crippen LogP contribution in [0.3, 0.4) is 0 Å². The van der Waals surface area contributed by atoms with Gasteiger partial charge in [-0.05, 0) is 50.0 Å². The van der Waals surface area contributed by atoms with E-state index in [1.807, 2.05) is 13.2 Å². The molecule has 1 aromatic heterocycles. The molecule has 0 aliphatic carbocycles. The van der Waals surface area contributed by atoms with E-state index in [2.05, 4.69) is 41.5 Å². The van der Waals surface area contributed by atoms with Gasteiger partial charge in [-0.15, -0.1) is 0 Å². The molecule has 15 heavy (non-hydrogen) atoms. The number of hydrogen-bond donors (Lipinski definition) is 1. The van der Waals surface area contributed by atoms with Crippen LogP contribution < -0.4 is 5.32 Å². The molecule has 2 heteroatoms. The van der Waals surface area contributed by atoms with E-state index in [0.717, 1.165) is 18.7 Å². The summed E-state index contributed by atoms with van der Waals surface area (Å²) >= 11 is 0. The van der Waals surface area contributed by atoms with Crippen molar-refractivity contribution in [2.45, 2.75) is 13.3 Å². The van der Waals surface area contributed by atoms with Crippen molar-refractivity contribution in [1.29, 1.82) is 0 Å². The number of nitrogens with one attached hydrogen (secondary N) is 1. The zero-order valence-electron chi connectivity index (χ0n) is 9.25. The molecule has 0 unspecified atom stereocenters. The van der Waals surface area contributed by atoms with Crippen molar-refractivity contribution in [2.24, 2.45) is 0 Å². The third-order valence-electron chi connectivity index (χ3n) is 2.69. The van der Waals surface area contributed by atoms with Crippen molar-refractivity contribution >= 4 is 10.8 Å². The summed E-state index contributed by atoms with van der Waals surface area (Å²) in [5, 5.41) is 5.71. The molecule has 0 bridgehead atoms. The minimum Gasteiger partial charge on any atom is -0.319 e. The standard InChI is InChI=1S/C13H16N2/c1-10-13-9-11(5-7-14-2)3-4-12(13)6-8-15-10/h3-4,6,8-9,14H,5,7H2,1-2H3. The predicted octanol–water partition coefficient (Wildman–Crippen LogP) is 2.31. The number of fused-ring (bicyclic) bond motifs is 1. The quantitative estimate of drug-likeness (QED) is 0.822. The van der Waals surface area contributed by atoms with Gasteiger partial charge in [0.25, 0.3) is 0 Å². The Bertz CT molecular complexity index is 463. The van der Waals surface area contributed by atoms with Gasteiger partial charge in [-0.1, -0.05) is 12.1 Å². The molecule has 1 aromatic carbocycles. The molecule has 0 radical (unpaired) electrons. The third kappa shape index (κ3) is 2.16. The zero-order valence-corrected chi connectivity index (χ0v) is 9.25. The smallest absolute Gasteiger partial charge is 0.0451 e. The highest BCUT2D eigenvalue weighted by molar-refractivity contribution is 5.84. The monoisotopic (exact) mass is 200 g/mol. The average molecular weight is 200 g/mol. The van der Waals surface area contributed by atoms with Gasteiger partial charge in [-0.25, -0.2) is 0 Å². The second-order valence-electron chi connectivity index (χ2n) is 3.81. The molecule has 0 aliphatic heterocycles.